The predicted molar refractivity (Wildman–Crippen MR) is 89.4 cm³/mol. The van der Waals surface area contributed by atoms with E-state index in [-0.39, 0.29) is 17.0 Å². The van der Waals surface area contributed by atoms with Crippen molar-refractivity contribution in [2.75, 3.05) is 7.11 Å². The Morgan fingerprint density at radius 1 is 1.20 bits per heavy atom. The first-order valence-electron chi connectivity index (χ1n) is 7.22. The van der Waals surface area contributed by atoms with Gasteiger partial charge in [-0.1, -0.05) is 36.4 Å². The van der Waals surface area contributed by atoms with E-state index in [2.05, 4.69) is 9.46 Å². The van der Waals surface area contributed by atoms with Crippen molar-refractivity contribution in [1.29, 1.82) is 0 Å². The van der Waals surface area contributed by atoms with Gasteiger partial charge in [0, 0.05) is 12.1 Å². The lowest BCUT2D eigenvalue weighted by molar-refractivity contribution is -0.385. The number of carbonyl (C=O) groups is 1. The Hall–Kier alpha value is -2.78. The van der Waals surface area contributed by atoms with Crippen molar-refractivity contribution in [1.82, 2.24) is 4.72 Å². The second kappa shape index (κ2) is 7.86. The number of ether oxygens (including phenoxy) is 1. The molecule has 1 N–H and O–H groups in total. The molecule has 0 spiro atoms. The zero-order valence-corrected chi connectivity index (χ0v) is 14.1. The van der Waals surface area contributed by atoms with Crippen LogP contribution in [0.25, 0.3) is 0 Å². The Labute approximate surface area is 144 Å². The fraction of sp³-hybridized carbons (Fsp3) is 0.188. The minimum Gasteiger partial charge on any atom is -0.468 e. The zero-order chi connectivity index (χ0) is 18.4. The van der Waals surface area contributed by atoms with E-state index in [1.165, 1.54) is 18.2 Å². The molecule has 0 bridgehead atoms. The topological polar surface area (TPSA) is 116 Å². The molecule has 0 aliphatic carbocycles. The molecule has 0 aliphatic heterocycles. The molecule has 0 amide bonds. The average molecular weight is 364 g/mol. The molecule has 0 aromatic heterocycles. The van der Waals surface area contributed by atoms with E-state index in [4.69, 9.17) is 0 Å². The molecule has 1 atom stereocenters. The summed E-state index contributed by atoms with van der Waals surface area (Å²) in [6.45, 7) is 0. The molecule has 9 heteroatoms. The van der Waals surface area contributed by atoms with Gasteiger partial charge in [0.15, 0.2) is 0 Å². The summed E-state index contributed by atoms with van der Waals surface area (Å²) in [6.07, 6.45) is 0.0850. The standard InChI is InChI=1S/C16H16N2O6S/c1-24-16(19)15(10-12-6-3-2-4-7-12)17-25(22,23)14-9-5-8-13(11-14)18(20)21/h2-9,11,15,17H,10H2,1H3. The van der Waals surface area contributed by atoms with Gasteiger partial charge in [-0.3, -0.25) is 14.9 Å². The van der Waals surface area contributed by atoms with Gasteiger partial charge in [0.05, 0.1) is 16.9 Å². The Morgan fingerprint density at radius 3 is 2.48 bits per heavy atom. The smallest absolute Gasteiger partial charge is 0.324 e. The highest BCUT2D eigenvalue weighted by Gasteiger charge is 2.27. The maximum Gasteiger partial charge on any atom is 0.324 e. The summed E-state index contributed by atoms with van der Waals surface area (Å²) >= 11 is 0. The number of esters is 1. The summed E-state index contributed by atoms with van der Waals surface area (Å²) in [5.41, 5.74) is 0.375. The largest absolute Gasteiger partial charge is 0.468 e. The monoisotopic (exact) mass is 364 g/mol. The van der Waals surface area contributed by atoms with Gasteiger partial charge in [-0.25, -0.2) is 8.42 Å². The second-order valence-electron chi connectivity index (χ2n) is 5.14. The van der Waals surface area contributed by atoms with Gasteiger partial charge in [0.2, 0.25) is 10.0 Å². The summed E-state index contributed by atoms with van der Waals surface area (Å²) in [4.78, 5) is 21.8. The second-order valence-corrected chi connectivity index (χ2v) is 6.86. The molecule has 1 unspecified atom stereocenters. The van der Waals surface area contributed by atoms with Crippen LogP contribution in [0.1, 0.15) is 5.56 Å². The molecular formula is C16H16N2O6S. The van der Waals surface area contributed by atoms with Crippen LogP contribution in [-0.4, -0.2) is 32.5 Å². The SMILES string of the molecule is COC(=O)C(Cc1ccccc1)NS(=O)(=O)c1cccc([N+](=O)[O-])c1. The third-order valence-electron chi connectivity index (χ3n) is 3.40. The van der Waals surface area contributed by atoms with Gasteiger partial charge in [-0.05, 0) is 18.1 Å². The van der Waals surface area contributed by atoms with Crippen LogP contribution >= 0.6 is 0 Å². The van der Waals surface area contributed by atoms with Crippen molar-refractivity contribution in [3.63, 3.8) is 0 Å². The third kappa shape index (κ3) is 4.85. The van der Waals surface area contributed by atoms with E-state index in [0.717, 1.165) is 18.7 Å². The molecule has 25 heavy (non-hydrogen) atoms. The molecule has 0 fully saturated rings. The molecule has 0 saturated heterocycles. The number of hydrogen-bond acceptors (Lipinski definition) is 6. The molecule has 8 nitrogen and oxygen atoms in total. The third-order valence-corrected chi connectivity index (χ3v) is 4.87. The maximum atomic E-state index is 12.5. The van der Waals surface area contributed by atoms with Crippen molar-refractivity contribution in [3.05, 3.63) is 70.3 Å². The molecule has 2 aromatic carbocycles. The number of hydrogen-bond donors (Lipinski definition) is 1. The normalized spacial score (nSPS) is 12.4. The fourth-order valence-electron chi connectivity index (χ4n) is 2.18. The van der Waals surface area contributed by atoms with Crippen LogP contribution in [0.5, 0.6) is 0 Å². The average Bonchev–Trinajstić information content (AvgIpc) is 2.61. The number of nitrogens with zero attached hydrogens (tertiary/aromatic N) is 1. The van der Waals surface area contributed by atoms with E-state index >= 15 is 0 Å². The van der Waals surface area contributed by atoms with E-state index in [0.29, 0.717) is 0 Å². The van der Waals surface area contributed by atoms with Crippen molar-refractivity contribution in [3.8, 4) is 0 Å². The first-order chi connectivity index (χ1) is 11.8. The number of non-ortho nitro benzene ring substituents is 1. The van der Waals surface area contributed by atoms with Crippen LogP contribution in [0.3, 0.4) is 0 Å². The summed E-state index contributed by atoms with van der Waals surface area (Å²) in [5.74, 6) is -0.752. The van der Waals surface area contributed by atoms with Crippen LogP contribution in [-0.2, 0) is 26.0 Å². The molecule has 0 aliphatic rings. The van der Waals surface area contributed by atoms with Gasteiger partial charge in [0.1, 0.15) is 6.04 Å². The molecule has 0 saturated carbocycles. The number of nitro groups is 1. The highest BCUT2D eigenvalue weighted by Crippen LogP contribution is 2.18. The van der Waals surface area contributed by atoms with Crippen LogP contribution in [0, 0.1) is 10.1 Å². The molecule has 2 rings (SSSR count). The van der Waals surface area contributed by atoms with Gasteiger partial charge in [0.25, 0.3) is 5.69 Å². The van der Waals surface area contributed by atoms with Crippen LogP contribution in [0.4, 0.5) is 5.69 Å². The Morgan fingerprint density at radius 2 is 1.88 bits per heavy atom. The van der Waals surface area contributed by atoms with E-state index in [1.807, 2.05) is 0 Å². The predicted octanol–water partition coefficient (Wildman–Crippen LogP) is 1.66. The Bertz CT molecular complexity index is 867. The molecular weight excluding hydrogens is 348 g/mol. The first kappa shape index (κ1) is 18.6. The Kier molecular flexibility index (Phi) is 5.84. The molecule has 0 heterocycles. The quantitative estimate of drug-likeness (QED) is 0.454. The number of sulfonamides is 1. The van der Waals surface area contributed by atoms with Crippen molar-refractivity contribution < 1.29 is 22.9 Å². The fourth-order valence-corrected chi connectivity index (χ4v) is 3.41. The number of rotatable bonds is 7. The minimum atomic E-state index is -4.15. The summed E-state index contributed by atoms with van der Waals surface area (Å²) in [7, 11) is -2.99. The van der Waals surface area contributed by atoms with E-state index < -0.39 is 27.0 Å². The van der Waals surface area contributed by atoms with Crippen molar-refractivity contribution >= 4 is 21.7 Å². The number of carbonyl (C=O) groups excluding carboxylic acids is 1. The Balaban J connectivity index is 2.29. The number of methoxy groups -OCH3 is 1. The number of nitrogens with one attached hydrogen (secondary N) is 1. The van der Waals surface area contributed by atoms with Gasteiger partial charge >= 0.3 is 5.97 Å². The molecule has 0 radical (unpaired) electrons. The van der Waals surface area contributed by atoms with Crippen LogP contribution in [0.15, 0.2) is 59.5 Å². The summed E-state index contributed by atoms with van der Waals surface area (Å²) in [6, 6.07) is 12.2. The lowest BCUT2D eigenvalue weighted by Crippen LogP contribution is -2.42. The van der Waals surface area contributed by atoms with Crippen molar-refractivity contribution in [2.45, 2.75) is 17.4 Å². The van der Waals surface area contributed by atoms with Gasteiger partial charge in [-0.2, -0.15) is 4.72 Å². The van der Waals surface area contributed by atoms with Gasteiger partial charge in [-0.15, -0.1) is 0 Å². The molecule has 132 valence electrons. The lowest BCUT2D eigenvalue weighted by Gasteiger charge is -2.16. The van der Waals surface area contributed by atoms with Crippen molar-refractivity contribution in [2.24, 2.45) is 0 Å². The van der Waals surface area contributed by atoms with E-state index in [1.54, 1.807) is 30.3 Å². The highest BCUT2D eigenvalue weighted by molar-refractivity contribution is 7.89. The summed E-state index contributed by atoms with van der Waals surface area (Å²) in [5, 5.41) is 10.8. The van der Waals surface area contributed by atoms with E-state index in [9.17, 15) is 23.3 Å². The van der Waals surface area contributed by atoms with Crippen LogP contribution < -0.4 is 4.72 Å². The minimum absolute atomic E-state index is 0.0850. The summed E-state index contributed by atoms with van der Waals surface area (Å²) < 4.78 is 31.9. The maximum absolute atomic E-state index is 12.5. The molecule has 2 aromatic rings. The van der Waals surface area contributed by atoms with Crippen LogP contribution in [0.2, 0.25) is 0 Å². The zero-order valence-electron chi connectivity index (χ0n) is 13.3. The number of nitro benzene ring substituents is 1. The lowest BCUT2D eigenvalue weighted by atomic mass is 10.1. The number of benzene rings is 2. The van der Waals surface area contributed by atoms with Gasteiger partial charge < -0.3 is 4.74 Å². The highest BCUT2D eigenvalue weighted by atomic mass is 32.2. The first-order valence-corrected chi connectivity index (χ1v) is 8.70.